The minimum absolute atomic E-state index is 0.314. The molecule has 0 saturated carbocycles. The summed E-state index contributed by atoms with van der Waals surface area (Å²) in [6, 6.07) is 7.96. The summed E-state index contributed by atoms with van der Waals surface area (Å²) < 4.78 is 0. The van der Waals surface area contributed by atoms with Crippen molar-refractivity contribution in [3.8, 4) is 10.6 Å². The van der Waals surface area contributed by atoms with Crippen LogP contribution in [0.5, 0.6) is 0 Å². The first-order chi connectivity index (χ1) is 8.11. The van der Waals surface area contributed by atoms with E-state index in [9.17, 15) is 4.79 Å². The molecule has 0 spiro atoms. The van der Waals surface area contributed by atoms with Gasteiger partial charge in [0.2, 0.25) is 0 Å². The minimum Gasteiger partial charge on any atom is -0.477 e. The molecule has 0 saturated heterocycles. The van der Waals surface area contributed by atoms with Gasteiger partial charge in [0.1, 0.15) is 9.88 Å². The number of thioether (sulfide) groups is 1. The number of thiazole rings is 1. The van der Waals surface area contributed by atoms with Crippen LogP contribution in [0.2, 0.25) is 0 Å². The highest BCUT2D eigenvalue weighted by Gasteiger charge is 2.14. The van der Waals surface area contributed by atoms with Crippen molar-refractivity contribution >= 4 is 29.1 Å². The Morgan fingerprint density at radius 1 is 1.35 bits per heavy atom. The number of hydrogen-bond donors (Lipinski definition) is 1. The van der Waals surface area contributed by atoms with E-state index in [-0.39, 0.29) is 0 Å². The Morgan fingerprint density at radius 3 is 2.47 bits per heavy atom. The average molecular weight is 265 g/mol. The normalized spacial score (nSPS) is 10.5. The Labute approximate surface area is 108 Å². The zero-order valence-corrected chi connectivity index (χ0v) is 11.1. The first-order valence-electron chi connectivity index (χ1n) is 4.97. The zero-order valence-electron chi connectivity index (χ0n) is 9.43. The summed E-state index contributed by atoms with van der Waals surface area (Å²) in [5.74, 6) is -0.910. The molecule has 0 aliphatic heterocycles. The summed E-state index contributed by atoms with van der Waals surface area (Å²) in [6.07, 6.45) is 2.02. The van der Waals surface area contributed by atoms with Gasteiger partial charge in [0.25, 0.3) is 0 Å². The summed E-state index contributed by atoms with van der Waals surface area (Å²) in [7, 11) is 0. The van der Waals surface area contributed by atoms with E-state index in [1.54, 1.807) is 18.7 Å². The van der Waals surface area contributed by atoms with E-state index in [2.05, 4.69) is 4.98 Å². The maximum absolute atomic E-state index is 10.9. The number of aromatic carboxylic acids is 1. The fourth-order valence-corrected chi connectivity index (χ4v) is 2.77. The molecule has 0 amide bonds. The molecule has 1 aromatic heterocycles. The van der Waals surface area contributed by atoms with Crippen LogP contribution in [0.4, 0.5) is 0 Å². The summed E-state index contributed by atoms with van der Waals surface area (Å²) in [6.45, 7) is 1.72. The van der Waals surface area contributed by atoms with E-state index >= 15 is 0 Å². The predicted octanol–water partition coefficient (Wildman–Crippen LogP) is 3.54. The smallest absolute Gasteiger partial charge is 0.347 e. The molecule has 88 valence electrons. The molecule has 0 atom stereocenters. The molecular weight excluding hydrogens is 254 g/mol. The lowest BCUT2D eigenvalue weighted by atomic mass is 10.2. The number of benzene rings is 1. The minimum atomic E-state index is -0.910. The van der Waals surface area contributed by atoms with Crippen LogP contribution in [-0.2, 0) is 0 Å². The first kappa shape index (κ1) is 12.1. The number of carbonyl (C=O) groups is 1. The molecule has 0 aliphatic carbocycles. The monoisotopic (exact) mass is 265 g/mol. The summed E-state index contributed by atoms with van der Waals surface area (Å²) >= 11 is 2.89. The van der Waals surface area contributed by atoms with E-state index in [0.29, 0.717) is 10.6 Å². The molecule has 1 N–H and O–H groups in total. The third kappa shape index (κ3) is 2.50. The molecular formula is C12H11NO2S2. The van der Waals surface area contributed by atoms with Crippen molar-refractivity contribution in [1.29, 1.82) is 0 Å². The van der Waals surface area contributed by atoms with Gasteiger partial charge in [-0.25, -0.2) is 9.78 Å². The van der Waals surface area contributed by atoms with Crippen LogP contribution in [0, 0.1) is 6.92 Å². The van der Waals surface area contributed by atoms with Gasteiger partial charge in [-0.05, 0) is 25.3 Å². The van der Waals surface area contributed by atoms with Gasteiger partial charge in [0, 0.05) is 10.5 Å². The van der Waals surface area contributed by atoms with E-state index in [0.717, 1.165) is 10.6 Å². The standard InChI is InChI=1S/C12H11NO2S2/c1-7-10(12(14)15)17-11(13-7)8-3-5-9(16-2)6-4-8/h3-6H,1-2H3,(H,14,15). The van der Waals surface area contributed by atoms with Gasteiger partial charge < -0.3 is 5.11 Å². The predicted molar refractivity (Wildman–Crippen MR) is 71.0 cm³/mol. The largest absolute Gasteiger partial charge is 0.477 e. The van der Waals surface area contributed by atoms with Crippen molar-refractivity contribution in [3.05, 3.63) is 34.8 Å². The van der Waals surface area contributed by atoms with Gasteiger partial charge in [-0.3, -0.25) is 0 Å². The molecule has 3 nitrogen and oxygen atoms in total. The summed E-state index contributed by atoms with van der Waals surface area (Å²) in [5.41, 5.74) is 1.54. The summed E-state index contributed by atoms with van der Waals surface area (Å²) in [4.78, 5) is 16.7. The van der Waals surface area contributed by atoms with Gasteiger partial charge in [0.05, 0.1) is 5.69 Å². The third-order valence-corrected chi connectivity index (χ3v) is 4.27. The van der Waals surface area contributed by atoms with E-state index in [1.807, 2.05) is 30.5 Å². The van der Waals surface area contributed by atoms with E-state index < -0.39 is 5.97 Å². The molecule has 0 fully saturated rings. The summed E-state index contributed by atoms with van der Waals surface area (Å²) in [5, 5.41) is 9.73. The van der Waals surface area contributed by atoms with Crippen molar-refractivity contribution < 1.29 is 9.90 Å². The number of hydrogen-bond acceptors (Lipinski definition) is 4. The maximum atomic E-state index is 10.9. The molecule has 0 aliphatic rings. The fraction of sp³-hybridized carbons (Fsp3) is 0.167. The SMILES string of the molecule is CSc1ccc(-c2nc(C)c(C(=O)O)s2)cc1. The Hall–Kier alpha value is -1.33. The van der Waals surface area contributed by atoms with Gasteiger partial charge in [-0.1, -0.05) is 12.1 Å². The second kappa shape index (κ2) is 4.89. The number of carboxylic acids is 1. The van der Waals surface area contributed by atoms with Gasteiger partial charge in [-0.2, -0.15) is 0 Å². The van der Waals surface area contributed by atoms with E-state index in [4.69, 9.17) is 5.11 Å². The average Bonchev–Trinajstić information content (AvgIpc) is 2.71. The number of aryl methyl sites for hydroxylation is 1. The number of carboxylic acid groups (broad SMARTS) is 1. The third-order valence-electron chi connectivity index (χ3n) is 2.33. The van der Waals surface area contributed by atoms with Crippen LogP contribution in [0.15, 0.2) is 29.2 Å². The Kier molecular flexibility index (Phi) is 3.49. The van der Waals surface area contributed by atoms with Crippen LogP contribution in [0.25, 0.3) is 10.6 Å². The Morgan fingerprint density at radius 2 is 2.00 bits per heavy atom. The topological polar surface area (TPSA) is 50.2 Å². The van der Waals surface area contributed by atoms with Crippen LogP contribution in [0.3, 0.4) is 0 Å². The zero-order chi connectivity index (χ0) is 12.4. The highest BCUT2D eigenvalue weighted by Crippen LogP contribution is 2.29. The number of aromatic nitrogens is 1. The van der Waals surface area contributed by atoms with Crippen molar-refractivity contribution in [2.24, 2.45) is 0 Å². The Balaban J connectivity index is 2.39. The van der Waals surface area contributed by atoms with Crippen molar-refractivity contribution in [2.45, 2.75) is 11.8 Å². The lowest BCUT2D eigenvalue weighted by Gasteiger charge is -1.98. The molecule has 0 unspecified atom stereocenters. The van der Waals surface area contributed by atoms with Crippen LogP contribution in [-0.4, -0.2) is 22.3 Å². The highest BCUT2D eigenvalue weighted by molar-refractivity contribution is 7.98. The molecule has 0 radical (unpaired) electrons. The molecule has 2 rings (SSSR count). The molecule has 1 heterocycles. The molecule has 5 heteroatoms. The fourth-order valence-electron chi connectivity index (χ4n) is 1.45. The van der Waals surface area contributed by atoms with Crippen LogP contribution < -0.4 is 0 Å². The second-order valence-corrected chi connectivity index (χ2v) is 5.35. The second-order valence-electron chi connectivity index (χ2n) is 3.47. The van der Waals surface area contributed by atoms with Gasteiger partial charge in [0.15, 0.2) is 0 Å². The molecule has 1 aromatic carbocycles. The molecule has 17 heavy (non-hydrogen) atoms. The lowest BCUT2D eigenvalue weighted by molar-refractivity contribution is 0.0701. The number of nitrogens with zero attached hydrogens (tertiary/aromatic N) is 1. The quantitative estimate of drug-likeness (QED) is 0.862. The van der Waals surface area contributed by atoms with Gasteiger partial charge >= 0.3 is 5.97 Å². The molecule has 2 aromatic rings. The molecule has 0 bridgehead atoms. The van der Waals surface area contributed by atoms with E-state index in [1.165, 1.54) is 16.2 Å². The van der Waals surface area contributed by atoms with Gasteiger partial charge in [-0.15, -0.1) is 23.1 Å². The Bertz CT molecular complexity index is 546. The lowest BCUT2D eigenvalue weighted by Crippen LogP contribution is -1.94. The van der Waals surface area contributed by atoms with Crippen molar-refractivity contribution in [2.75, 3.05) is 6.26 Å². The van der Waals surface area contributed by atoms with Crippen LogP contribution in [0.1, 0.15) is 15.4 Å². The van der Waals surface area contributed by atoms with Crippen molar-refractivity contribution in [1.82, 2.24) is 4.98 Å². The highest BCUT2D eigenvalue weighted by atomic mass is 32.2. The first-order valence-corrected chi connectivity index (χ1v) is 7.01. The van der Waals surface area contributed by atoms with Crippen LogP contribution >= 0.6 is 23.1 Å². The maximum Gasteiger partial charge on any atom is 0.347 e. The van der Waals surface area contributed by atoms with Crippen molar-refractivity contribution in [3.63, 3.8) is 0 Å². The number of rotatable bonds is 3.